The summed E-state index contributed by atoms with van der Waals surface area (Å²) >= 11 is 0. The van der Waals surface area contributed by atoms with Gasteiger partial charge in [-0.2, -0.15) is 0 Å². The Balaban J connectivity index is 1.98. The molecule has 1 saturated heterocycles. The van der Waals surface area contributed by atoms with Crippen molar-refractivity contribution in [2.75, 3.05) is 24.5 Å². The Kier molecular flexibility index (Phi) is 5.23. The van der Waals surface area contributed by atoms with Crippen LogP contribution in [0, 0.1) is 18.8 Å². The molecule has 3 N–H and O–H groups in total. The van der Waals surface area contributed by atoms with Crippen LogP contribution in [0.2, 0.25) is 0 Å². The molecule has 0 saturated carbocycles. The highest BCUT2D eigenvalue weighted by Gasteiger charge is 2.27. The highest BCUT2D eigenvalue weighted by atomic mass is 16.1. The van der Waals surface area contributed by atoms with E-state index in [1.807, 2.05) is 0 Å². The van der Waals surface area contributed by atoms with Crippen molar-refractivity contribution in [2.24, 2.45) is 17.6 Å². The maximum atomic E-state index is 11.3. The van der Waals surface area contributed by atoms with Gasteiger partial charge in [0.25, 0.3) is 0 Å². The van der Waals surface area contributed by atoms with Crippen LogP contribution in [0.4, 0.5) is 5.69 Å². The van der Waals surface area contributed by atoms with Crippen LogP contribution in [-0.4, -0.2) is 25.5 Å². The fourth-order valence-electron chi connectivity index (χ4n) is 2.90. The largest absolute Gasteiger partial charge is 0.370 e. The second-order valence-corrected chi connectivity index (χ2v) is 6.48. The van der Waals surface area contributed by atoms with Gasteiger partial charge in [0.15, 0.2) is 0 Å². The maximum Gasteiger partial charge on any atom is 0.222 e. The molecule has 1 aromatic carbocycles. The normalized spacial score (nSPS) is 18.5. The van der Waals surface area contributed by atoms with Crippen molar-refractivity contribution in [1.29, 1.82) is 0 Å². The molecule has 4 heteroatoms. The number of nitrogens with one attached hydrogen (secondary N) is 1. The standard InChI is InChI=1S/C17H27N3O/c1-12(2)9-19-10-14-4-5-16(13(3)8-14)20-7-6-15(11-20)17(18)21/h4-5,8,12,15,19H,6-7,9-11H2,1-3H3,(H2,18,21). The fraction of sp³-hybridized carbons (Fsp3) is 0.588. The van der Waals surface area contributed by atoms with E-state index in [9.17, 15) is 4.79 Å². The van der Waals surface area contributed by atoms with E-state index in [2.05, 4.69) is 49.2 Å². The van der Waals surface area contributed by atoms with E-state index in [1.165, 1.54) is 16.8 Å². The highest BCUT2D eigenvalue weighted by Crippen LogP contribution is 2.27. The van der Waals surface area contributed by atoms with Crippen LogP contribution in [-0.2, 0) is 11.3 Å². The molecule has 2 rings (SSSR count). The Labute approximate surface area is 127 Å². The van der Waals surface area contributed by atoms with Crippen molar-refractivity contribution in [3.05, 3.63) is 29.3 Å². The lowest BCUT2D eigenvalue weighted by molar-refractivity contribution is -0.121. The van der Waals surface area contributed by atoms with E-state index in [1.54, 1.807) is 0 Å². The highest BCUT2D eigenvalue weighted by molar-refractivity contribution is 5.78. The summed E-state index contributed by atoms with van der Waals surface area (Å²) in [6.45, 7) is 10.2. The van der Waals surface area contributed by atoms with Gasteiger partial charge in [-0.15, -0.1) is 0 Å². The molecular weight excluding hydrogens is 262 g/mol. The van der Waals surface area contributed by atoms with Crippen LogP contribution in [0.5, 0.6) is 0 Å². The summed E-state index contributed by atoms with van der Waals surface area (Å²) < 4.78 is 0. The van der Waals surface area contributed by atoms with E-state index in [4.69, 9.17) is 5.73 Å². The van der Waals surface area contributed by atoms with Gasteiger partial charge in [-0.25, -0.2) is 0 Å². The molecule has 116 valence electrons. The van der Waals surface area contributed by atoms with Gasteiger partial charge in [0.2, 0.25) is 5.91 Å². The monoisotopic (exact) mass is 289 g/mol. The molecule has 1 aliphatic rings. The quantitative estimate of drug-likeness (QED) is 0.842. The Morgan fingerprint density at radius 2 is 2.24 bits per heavy atom. The minimum absolute atomic E-state index is 0.00298. The molecule has 0 bridgehead atoms. The topological polar surface area (TPSA) is 58.4 Å². The Bertz CT molecular complexity index is 499. The van der Waals surface area contributed by atoms with Gasteiger partial charge >= 0.3 is 0 Å². The molecule has 1 amide bonds. The zero-order chi connectivity index (χ0) is 15.4. The number of amides is 1. The molecular formula is C17H27N3O. The number of hydrogen-bond acceptors (Lipinski definition) is 3. The molecule has 1 fully saturated rings. The molecule has 1 heterocycles. The molecule has 4 nitrogen and oxygen atoms in total. The third-order valence-electron chi connectivity index (χ3n) is 4.07. The first-order valence-corrected chi connectivity index (χ1v) is 7.82. The van der Waals surface area contributed by atoms with Crippen molar-refractivity contribution >= 4 is 11.6 Å². The molecule has 0 radical (unpaired) electrons. The number of nitrogens with two attached hydrogens (primary N) is 1. The molecule has 0 aliphatic carbocycles. The number of nitrogens with zero attached hydrogens (tertiary/aromatic N) is 1. The lowest BCUT2D eigenvalue weighted by Gasteiger charge is -2.21. The minimum atomic E-state index is -0.176. The lowest BCUT2D eigenvalue weighted by Crippen LogP contribution is -2.27. The predicted molar refractivity (Wildman–Crippen MR) is 87.2 cm³/mol. The van der Waals surface area contributed by atoms with Crippen molar-refractivity contribution in [1.82, 2.24) is 5.32 Å². The van der Waals surface area contributed by atoms with Crippen LogP contribution in [0.3, 0.4) is 0 Å². The number of benzene rings is 1. The summed E-state index contributed by atoms with van der Waals surface area (Å²) in [7, 11) is 0. The molecule has 1 aliphatic heterocycles. The van der Waals surface area contributed by atoms with E-state index < -0.39 is 0 Å². The number of anilines is 1. The molecule has 1 unspecified atom stereocenters. The Morgan fingerprint density at radius 1 is 1.48 bits per heavy atom. The number of primary amides is 1. The second-order valence-electron chi connectivity index (χ2n) is 6.48. The fourth-order valence-corrected chi connectivity index (χ4v) is 2.90. The predicted octanol–water partition coefficient (Wildman–Crippen LogP) is 2.05. The van der Waals surface area contributed by atoms with Crippen LogP contribution in [0.25, 0.3) is 0 Å². The molecule has 0 aromatic heterocycles. The van der Waals surface area contributed by atoms with Crippen LogP contribution in [0.1, 0.15) is 31.4 Å². The molecule has 1 aromatic rings. The van der Waals surface area contributed by atoms with Crippen molar-refractivity contribution in [3.8, 4) is 0 Å². The number of aryl methyl sites for hydroxylation is 1. The SMILES string of the molecule is Cc1cc(CNCC(C)C)ccc1N1CCC(C(N)=O)C1. The summed E-state index contributed by atoms with van der Waals surface area (Å²) in [5.41, 5.74) is 9.21. The summed E-state index contributed by atoms with van der Waals surface area (Å²) in [6.07, 6.45) is 0.868. The lowest BCUT2D eigenvalue weighted by atomic mass is 10.1. The molecule has 1 atom stereocenters. The molecule has 0 spiro atoms. The zero-order valence-electron chi connectivity index (χ0n) is 13.4. The Morgan fingerprint density at radius 3 is 2.81 bits per heavy atom. The minimum Gasteiger partial charge on any atom is -0.370 e. The first-order chi connectivity index (χ1) is 9.97. The van der Waals surface area contributed by atoms with Crippen LogP contribution >= 0.6 is 0 Å². The van der Waals surface area contributed by atoms with Gasteiger partial charge in [-0.05, 0) is 43.0 Å². The maximum absolute atomic E-state index is 11.3. The van der Waals surface area contributed by atoms with Crippen molar-refractivity contribution < 1.29 is 4.79 Å². The average molecular weight is 289 g/mol. The van der Waals surface area contributed by atoms with Crippen LogP contribution < -0.4 is 16.0 Å². The van der Waals surface area contributed by atoms with Gasteiger partial charge in [-0.1, -0.05) is 26.0 Å². The van der Waals surface area contributed by atoms with Gasteiger partial charge < -0.3 is 16.0 Å². The van der Waals surface area contributed by atoms with Crippen molar-refractivity contribution in [3.63, 3.8) is 0 Å². The second kappa shape index (κ2) is 6.94. The molecule has 21 heavy (non-hydrogen) atoms. The van der Waals surface area contributed by atoms with Gasteiger partial charge in [0, 0.05) is 25.3 Å². The smallest absolute Gasteiger partial charge is 0.222 e. The first-order valence-electron chi connectivity index (χ1n) is 7.82. The number of carbonyl (C=O) groups is 1. The number of rotatable bonds is 6. The van der Waals surface area contributed by atoms with Crippen molar-refractivity contribution in [2.45, 2.75) is 33.7 Å². The summed E-state index contributed by atoms with van der Waals surface area (Å²) in [5.74, 6) is 0.488. The van der Waals surface area contributed by atoms with Crippen LogP contribution in [0.15, 0.2) is 18.2 Å². The van der Waals surface area contributed by atoms with E-state index >= 15 is 0 Å². The van der Waals surface area contributed by atoms with E-state index in [0.29, 0.717) is 5.92 Å². The van der Waals surface area contributed by atoms with E-state index in [-0.39, 0.29) is 11.8 Å². The third-order valence-corrected chi connectivity index (χ3v) is 4.07. The average Bonchev–Trinajstić information content (AvgIpc) is 2.88. The van der Waals surface area contributed by atoms with Gasteiger partial charge in [0.1, 0.15) is 0 Å². The van der Waals surface area contributed by atoms with Gasteiger partial charge in [-0.3, -0.25) is 4.79 Å². The van der Waals surface area contributed by atoms with Gasteiger partial charge in [0.05, 0.1) is 5.92 Å². The Hall–Kier alpha value is -1.55. The third kappa shape index (κ3) is 4.21. The summed E-state index contributed by atoms with van der Waals surface area (Å²) in [5, 5.41) is 3.46. The first kappa shape index (κ1) is 15.8. The summed E-state index contributed by atoms with van der Waals surface area (Å²) in [4.78, 5) is 13.6. The summed E-state index contributed by atoms with van der Waals surface area (Å²) in [6, 6.07) is 6.58. The zero-order valence-corrected chi connectivity index (χ0v) is 13.4. The number of carbonyl (C=O) groups excluding carboxylic acids is 1. The number of hydrogen-bond donors (Lipinski definition) is 2. The van der Waals surface area contributed by atoms with E-state index in [0.717, 1.165) is 32.6 Å².